The van der Waals surface area contributed by atoms with E-state index in [9.17, 15) is 22.4 Å². The van der Waals surface area contributed by atoms with Crippen LogP contribution in [0.15, 0.2) is 18.3 Å². The van der Waals surface area contributed by atoms with Gasteiger partial charge in [-0.25, -0.2) is 13.8 Å². The van der Waals surface area contributed by atoms with Gasteiger partial charge < -0.3 is 21.1 Å². The zero-order valence-electron chi connectivity index (χ0n) is 20.3. The van der Waals surface area contributed by atoms with Crippen molar-refractivity contribution in [3.63, 3.8) is 0 Å². The molecule has 0 radical (unpaired) electrons. The van der Waals surface area contributed by atoms with Crippen molar-refractivity contribution in [1.82, 2.24) is 25.4 Å². The fourth-order valence-corrected chi connectivity index (χ4v) is 4.21. The summed E-state index contributed by atoms with van der Waals surface area (Å²) in [5, 5.41) is 9.93. The second-order valence-corrected chi connectivity index (χ2v) is 8.75. The Morgan fingerprint density at radius 1 is 1.16 bits per heavy atom. The number of fused-ring (bicyclic) bond motifs is 1. The summed E-state index contributed by atoms with van der Waals surface area (Å²) in [7, 11) is 1.56. The van der Waals surface area contributed by atoms with Crippen molar-refractivity contribution in [3.05, 3.63) is 46.7 Å². The van der Waals surface area contributed by atoms with E-state index in [1.54, 1.807) is 14.0 Å². The van der Waals surface area contributed by atoms with E-state index < -0.39 is 63.5 Å². The van der Waals surface area contributed by atoms with Crippen LogP contribution in [0.2, 0.25) is 0 Å². The summed E-state index contributed by atoms with van der Waals surface area (Å²) < 4.78 is 80.3. The van der Waals surface area contributed by atoms with Gasteiger partial charge in [-0.05, 0) is 44.5 Å². The van der Waals surface area contributed by atoms with Gasteiger partial charge in [-0.1, -0.05) is 0 Å². The van der Waals surface area contributed by atoms with E-state index in [4.69, 9.17) is 10.5 Å². The third-order valence-corrected chi connectivity index (χ3v) is 5.99. The Balaban J connectivity index is 2.11. The van der Waals surface area contributed by atoms with E-state index in [1.807, 2.05) is 0 Å². The lowest BCUT2D eigenvalue weighted by atomic mass is 9.94. The van der Waals surface area contributed by atoms with Gasteiger partial charge in [0.15, 0.2) is 5.82 Å². The molecular weight excluding hydrogens is 499 g/mol. The van der Waals surface area contributed by atoms with Crippen molar-refractivity contribution < 1.29 is 31.5 Å². The molecule has 0 fully saturated rings. The number of carbonyl (C=O) groups excluding carboxylic acids is 1. The van der Waals surface area contributed by atoms with E-state index in [-0.39, 0.29) is 23.7 Å². The van der Waals surface area contributed by atoms with Crippen LogP contribution in [-0.2, 0) is 13.2 Å². The number of amides is 1. The summed E-state index contributed by atoms with van der Waals surface area (Å²) in [4.78, 5) is 17.3. The first-order chi connectivity index (χ1) is 17.4. The fraction of sp³-hybridized carbons (Fsp3) is 0.375. The van der Waals surface area contributed by atoms with Crippen molar-refractivity contribution in [1.29, 1.82) is 0 Å². The summed E-state index contributed by atoms with van der Waals surface area (Å²) >= 11 is 0. The van der Waals surface area contributed by atoms with Crippen LogP contribution in [0.3, 0.4) is 0 Å². The molecule has 198 valence electrons. The number of nitrogens with zero attached hydrogens (tertiary/aromatic N) is 3. The number of aromatic nitrogens is 3. The summed E-state index contributed by atoms with van der Waals surface area (Å²) in [6.45, 7) is 3.75. The molecule has 8 nitrogen and oxygen atoms in total. The minimum Gasteiger partial charge on any atom is -0.474 e. The maximum absolute atomic E-state index is 16.3. The lowest BCUT2D eigenvalue weighted by Gasteiger charge is -2.22. The number of hydrogen-bond donors (Lipinski definition) is 3. The molecule has 13 heteroatoms. The fourth-order valence-electron chi connectivity index (χ4n) is 4.21. The normalized spacial score (nSPS) is 17.0. The number of nitrogens with one attached hydrogen (secondary N) is 2. The number of nitrogens with two attached hydrogens (primary N) is 1. The van der Waals surface area contributed by atoms with Crippen molar-refractivity contribution in [2.75, 3.05) is 25.4 Å². The number of carbonyl (C=O) groups is 1. The van der Waals surface area contributed by atoms with Crippen LogP contribution in [0.25, 0.3) is 22.5 Å². The molecule has 1 aromatic carbocycles. The second-order valence-electron chi connectivity index (χ2n) is 8.75. The Morgan fingerprint density at radius 2 is 1.89 bits per heavy atom. The molecule has 2 aromatic heterocycles. The number of hydrogen-bond acceptors (Lipinski definition) is 6. The molecule has 0 saturated carbocycles. The predicted octanol–water partition coefficient (Wildman–Crippen LogP) is 3.83. The van der Waals surface area contributed by atoms with Gasteiger partial charge in [-0.3, -0.25) is 9.48 Å². The molecule has 3 aromatic rings. The van der Waals surface area contributed by atoms with Crippen LogP contribution in [-0.4, -0.2) is 46.4 Å². The number of nitrogen functional groups attached to an aromatic ring is 1. The first-order valence-electron chi connectivity index (χ1n) is 11.4. The van der Waals surface area contributed by atoms with Crippen LogP contribution >= 0.6 is 0 Å². The molecule has 4 N–H and O–H groups in total. The Labute approximate surface area is 209 Å². The van der Waals surface area contributed by atoms with Gasteiger partial charge in [-0.2, -0.15) is 18.3 Å². The molecule has 1 amide bonds. The van der Waals surface area contributed by atoms with Gasteiger partial charge in [-0.15, -0.1) is 0 Å². The molecule has 1 atom stereocenters. The smallest absolute Gasteiger partial charge is 0.417 e. The first-order valence-corrected chi connectivity index (χ1v) is 11.4. The van der Waals surface area contributed by atoms with Crippen LogP contribution in [0.5, 0.6) is 5.88 Å². The van der Waals surface area contributed by atoms with Crippen LogP contribution in [0.1, 0.15) is 34.8 Å². The quantitative estimate of drug-likeness (QED) is 0.348. The number of anilines is 1. The summed E-state index contributed by atoms with van der Waals surface area (Å²) in [5.41, 5.74) is 0.473. The first kappa shape index (κ1) is 26.3. The summed E-state index contributed by atoms with van der Waals surface area (Å²) in [6, 6.07) is 2.09. The average Bonchev–Trinajstić information content (AvgIpc) is 3.23. The van der Waals surface area contributed by atoms with Gasteiger partial charge in [0.2, 0.25) is 5.88 Å². The molecule has 0 spiro atoms. The Morgan fingerprint density at radius 3 is 2.54 bits per heavy atom. The minimum absolute atomic E-state index is 0.0281. The molecule has 1 aliphatic rings. The highest BCUT2D eigenvalue weighted by atomic mass is 19.4. The number of alkyl halides is 3. The lowest BCUT2D eigenvalue weighted by Crippen LogP contribution is -2.32. The summed E-state index contributed by atoms with van der Waals surface area (Å²) in [5.74, 6) is -3.64. The van der Waals surface area contributed by atoms with E-state index in [2.05, 4.69) is 20.7 Å². The van der Waals surface area contributed by atoms with Crippen molar-refractivity contribution >= 4 is 11.6 Å². The van der Waals surface area contributed by atoms with Crippen molar-refractivity contribution in [3.8, 4) is 28.4 Å². The molecule has 0 saturated heterocycles. The molecule has 37 heavy (non-hydrogen) atoms. The largest absolute Gasteiger partial charge is 0.474 e. The number of pyridine rings is 1. The third kappa shape index (κ3) is 5.08. The zero-order chi connectivity index (χ0) is 27.1. The van der Waals surface area contributed by atoms with Gasteiger partial charge in [0.05, 0.1) is 28.6 Å². The molecule has 0 aliphatic carbocycles. The number of benzene rings is 1. The highest BCUT2D eigenvalue weighted by molar-refractivity contribution is 6.03. The SMILES string of the molecule is Cc1c(F)c(N)cc(-c2nc3c(c(-c4ccn(C)n4)c2F)C(=O)NCCNCC[C@H](C)O3)c1C(F)(F)F. The van der Waals surface area contributed by atoms with Crippen molar-refractivity contribution in [2.24, 2.45) is 7.05 Å². The number of ether oxygens (including phenoxy) is 1. The maximum atomic E-state index is 16.3. The van der Waals surface area contributed by atoms with E-state index in [1.165, 1.54) is 16.9 Å². The Kier molecular flexibility index (Phi) is 7.09. The second kappa shape index (κ2) is 9.96. The topological polar surface area (TPSA) is 107 Å². The monoisotopic (exact) mass is 524 g/mol. The summed E-state index contributed by atoms with van der Waals surface area (Å²) in [6.07, 6.45) is -3.65. The van der Waals surface area contributed by atoms with E-state index in [0.717, 1.165) is 6.92 Å². The lowest BCUT2D eigenvalue weighted by molar-refractivity contribution is -0.137. The number of rotatable bonds is 2. The van der Waals surface area contributed by atoms with E-state index >= 15 is 4.39 Å². The zero-order valence-corrected chi connectivity index (χ0v) is 20.3. The van der Waals surface area contributed by atoms with Crippen molar-refractivity contribution in [2.45, 2.75) is 32.5 Å². The maximum Gasteiger partial charge on any atom is 0.417 e. The molecule has 1 aliphatic heterocycles. The molecule has 0 bridgehead atoms. The predicted molar refractivity (Wildman–Crippen MR) is 126 cm³/mol. The van der Waals surface area contributed by atoms with Crippen LogP contribution < -0.4 is 21.1 Å². The third-order valence-electron chi connectivity index (χ3n) is 5.99. The Hall–Kier alpha value is -3.74. The number of aryl methyl sites for hydroxylation is 1. The van der Waals surface area contributed by atoms with Gasteiger partial charge in [0.25, 0.3) is 5.91 Å². The average molecular weight is 524 g/mol. The standard InChI is InChI=1S/C24H25F5N6O2/c1-11-4-6-31-7-8-32-22(36)17-16(15-5-9-35(3)34-15)20(26)21(33-23(17)37-11)13-10-14(30)19(25)12(2)18(13)24(27,28)29/h5,9-11,31H,4,6-8,30H2,1-3H3,(H,32,36)/t11-/m0/s1. The highest BCUT2D eigenvalue weighted by Crippen LogP contribution is 2.45. The van der Waals surface area contributed by atoms with Crippen LogP contribution in [0.4, 0.5) is 27.6 Å². The molecular formula is C24H25F5N6O2. The molecule has 4 rings (SSSR count). The highest BCUT2D eigenvalue weighted by Gasteiger charge is 2.40. The van der Waals surface area contributed by atoms with Gasteiger partial charge in [0.1, 0.15) is 17.1 Å². The Bertz CT molecular complexity index is 1350. The molecule has 0 unspecified atom stereocenters. The van der Waals surface area contributed by atoms with E-state index in [0.29, 0.717) is 25.6 Å². The van der Waals surface area contributed by atoms with Gasteiger partial charge in [0, 0.05) is 31.9 Å². The van der Waals surface area contributed by atoms with Crippen LogP contribution in [0, 0.1) is 18.6 Å². The molecule has 3 heterocycles. The van der Waals surface area contributed by atoms with Gasteiger partial charge >= 0.3 is 6.18 Å². The number of halogens is 5. The minimum atomic E-state index is -5.07.